The molecule has 2 N–H and O–H groups in total. The van der Waals surface area contributed by atoms with Gasteiger partial charge in [-0.2, -0.15) is 0 Å². The van der Waals surface area contributed by atoms with Crippen LogP contribution >= 0.6 is 11.3 Å². The molecule has 0 saturated carbocycles. The van der Waals surface area contributed by atoms with Gasteiger partial charge in [0.15, 0.2) is 0 Å². The summed E-state index contributed by atoms with van der Waals surface area (Å²) in [6, 6.07) is 0.383. The lowest BCUT2D eigenvalue weighted by Gasteiger charge is -2.15. The Balaban J connectivity index is 2.05. The molecule has 16 heavy (non-hydrogen) atoms. The molecule has 90 valence electrons. The second-order valence-corrected chi connectivity index (χ2v) is 5.72. The Labute approximate surface area is 101 Å². The van der Waals surface area contributed by atoms with Crippen molar-refractivity contribution < 1.29 is 5.11 Å². The summed E-state index contributed by atoms with van der Waals surface area (Å²) in [7, 11) is 0. The zero-order valence-electron chi connectivity index (χ0n) is 9.99. The highest BCUT2D eigenvalue weighted by atomic mass is 32.1. The Kier molecular flexibility index (Phi) is 3.95. The molecule has 0 amide bonds. The third kappa shape index (κ3) is 2.62. The molecule has 2 atom stereocenters. The molecule has 1 unspecified atom stereocenters. The zero-order chi connectivity index (χ0) is 11.5. The number of fused-ring (bicyclic) bond motifs is 1. The summed E-state index contributed by atoms with van der Waals surface area (Å²) in [4.78, 5) is 6.19. The van der Waals surface area contributed by atoms with E-state index in [0.717, 1.165) is 6.42 Å². The van der Waals surface area contributed by atoms with Crippen LogP contribution in [-0.4, -0.2) is 22.7 Å². The van der Waals surface area contributed by atoms with E-state index in [2.05, 4.69) is 12.2 Å². The van der Waals surface area contributed by atoms with Gasteiger partial charge in [-0.3, -0.25) is 0 Å². The molecular formula is C12H20N2OS. The van der Waals surface area contributed by atoms with Gasteiger partial charge in [-0.25, -0.2) is 4.98 Å². The third-order valence-electron chi connectivity index (χ3n) is 3.04. The Morgan fingerprint density at radius 3 is 2.81 bits per heavy atom. The summed E-state index contributed by atoms with van der Waals surface area (Å²) in [5.41, 5.74) is 1.32. The largest absolute Gasteiger partial charge is 0.395 e. The molecule has 0 fully saturated rings. The number of hydrogen-bond donors (Lipinski definition) is 2. The summed E-state index contributed by atoms with van der Waals surface area (Å²) in [6.07, 6.45) is 4.94. The Morgan fingerprint density at radius 1 is 1.38 bits per heavy atom. The molecule has 3 nitrogen and oxygen atoms in total. The van der Waals surface area contributed by atoms with Crippen molar-refractivity contribution in [1.82, 2.24) is 10.3 Å². The normalized spacial score (nSPS) is 19.2. The molecule has 0 saturated heterocycles. The minimum Gasteiger partial charge on any atom is -0.395 e. The average molecular weight is 240 g/mol. The van der Waals surface area contributed by atoms with Gasteiger partial charge in [-0.1, -0.05) is 0 Å². The number of aliphatic hydroxyl groups excluding tert-OH is 1. The van der Waals surface area contributed by atoms with Gasteiger partial charge in [-0.05, 0) is 39.5 Å². The van der Waals surface area contributed by atoms with Crippen LogP contribution in [-0.2, 0) is 12.8 Å². The molecule has 0 radical (unpaired) electrons. The van der Waals surface area contributed by atoms with Crippen molar-refractivity contribution in [3.05, 3.63) is 15.6 Å². The van der Waals surface area contributed by atoms with Crippen LogP contribution in [0.25, 0.3) is 0 Å². The highest BCUT2D eigenvalue weighted by Crippen LogP contribution is 2.29. The molecule has 1 aliphatic carbocycles. The minimum atomic E-state index is 0.135. The van der Waals surface area contributed by atoms with Crippen LogP contribution in [0.1, 0.15) is 48.3 Å². The molecule has 0 aliphatic heterocycles. The third-order valence-corrected chi connectivity index (χ3v) is 4.38. The lowest BCUT2D eigenvalue weighted by Crippen LogP contribution is -2.31. The lowest BCUT2D eigenvalue weighted by molar-refractivity contribution is 0.243. The van der Waals surface area contributed by atoms with Crippen molar-refractivity contribution >= 4 is 11.3 Å². The molecule has 1 aromatic heterocycles. The number of aromatic nitrogens is 1. The fourth-order valence-electron chi connectivity index (χ4n) is 2.11. The minimum absolute atomic E-state index is 0.135. The predicted octanol–water partition coefficient (Wildman–Crippen LogP) is 2.05. The first-order valence-corrected chi connectivity index (χ1v) is 6.87. The van der Waals surface area contributed by atoms with Crippen molar-refractivity contribution in [3.63, 3.8) is 0 Å². The smallest absolute Gasteiger partial charge is 0.110 e. The van der Waals surface area contributed by atoms with Crippen LogP contribution in [0.2, 0.25) is 0 Å². The van der Waals surface area contributed by atoms with Crippen LogP contribution in [0.4, 0.5) is 0 Å². The van der Waals surface area contributed by atoms with E-state index >= 15 is 0 Å². The Hall–Kier alpha value is -0.450. The number of nitrogens with one attached hydrogen (secondary N) is 1. The highest BCUT2D eigenvalue weighted by molar-refractivity contribution is 7.11. The van der Waals surface area contributed by atoms with Crippen LogP contribution in [0.5, 0.6) is 0 Å². The highest BCUT2D eigenvalue weighted by Gasteiger charge is 2.18. The molecule has 2 rings (SSSR count). The van der Waals surface area contributed by atoms with Gasteiger partial charge in [-0.15, -0.1) is 11.3 Å². The summed E-state index contributed by atoms with van der Waals surface area (Å²) >= 11 is 1.84. The number of aliphatic hydroxyl groups is 1. The summed E-state index contributed by atoms with van der Waals surface area (Å²) < 4.78 is 0. The van der Waals surface area contributed by atoms with Gasteiger partial charge in [0.05, 0.1) is 18.3 Å². The van der Waals surface area contributed by atoms with Gasteiger partial charge in [0.25, 0.3) is 0 Å². The van der Waals surface area contributed by atoms with Crippen LogP contribution in [0.15, 0.2) is 0 Å². The van der Waals surface area contributed by atoms with E-state index in [0.29, 0.717) is 0 Å². The molecule has 0 spiro atoms. The van der Waals surface area contributed by atoms with Crippen LogP contribution in [0, 0.1) is 0 Å². The Bertz CT molecular complexity index is 327. The fourth-order valence-corrected chi connectivity index (χ4v) is 3.27. The van der Waals surface area contributed by atoms with Crippen molar-refractivity contribution in [2.45, 2.75) is 51.6 Å². The first kappa shape index (κ1) is 12.0. The zero-order valence-corrected chi connectivity index (χ0v) is 10.8. The van der Waals surface area contributed by atoms with E-state index in [1.54, 1.807) is 0 Å². The SMILES string of the molecule is CC(N[C@@H](C)CO)c1nc2c(s1)CCCC2. The summed E-state index contributed by atoms with van der Waals surface area (Å²) in [5.74, 6) is 0. The van der Waals surface area contributed by atoms with Gasteiger partial charge in [0, 0.05) is 10.9 Å². The first-order chi connectivity index (χ1) is 7.70. The van der Waals surface area contributed by atoms with E-state index in [9.17, 15) is 0 Å². The van der Waals surface area contributed by atoms with Crippen LogP contribution in [0.3, 0.4) is 0 Å². The van der Waals surface area contributed by atoms with Crippen LogP contribution < -0.4 is 5.32 Å². The molecule has 1 heterocycles. The van der Waals surface area contributed by atoms with Gasteiger partial charge >= 0.3 is 0 Å². The number of thiazole rings is 1. The summed E-state index contributed by atoms with van der Waals surface area (Å²) in [5, 5.41) is 13.5. The molecule has 1 aromatic rings. The fraction of sp³-hybridized carbons (Fsp3) is 0.750. The lowest BCUT2D eigenvalue weighted by atomic mass is 10.0. The topological polar surface area (TPSA) is 45.1 Å². The van der Waals surface area contributed by atoms with Crippen molar-refractivity contribution in [1.29, 1.82) is 0 Å². The van der Waals surface area contributed by atoms with E-state index in [1.165, 1.54) is 34.8 Å². The van der Waals surface area contributed by atoms with Gasteiger partial charge in [0.1, 0.15) is 5.01 Å². The maximum atomic E-state index is 9.01. The second kappa shape index (κ2) is 5.25. The summed E-state index contributed by atoms with van der Waals surface area (Å²) in [6.45, 7) is 4.29. The van der Waals surface area contributed by atoms with Gasteiger partial charge < -0.3 is 10.4 Å². The number of rotatable bonds is 4. The predicted molar refractivity (Wildman–Crippen MR) is 66.9 cm³/mol. The standard InChI is InChI=1S/C12H20N2OS/c1-8(7-15)13-9(2)12-14-10-5-3-4-6-11(10)16-12/h8-9,13,15H,3-7H2,1-2H3/t8-,9?/m0/s1. The molecule has 1 aliphatic rings. The number of hydrogen-bond acceptors (Lipinski definition) is 4. The van der Waals surface area contributed by atoms with E-state index in [4.69, 9.17) is 10.1 Å². The van der Waals surface area contributed by atoms with Gasteiger partial charge in [0.2, 0.25) is 0 Å². The molecular weight excluding hydrogens is 220 g/mol. The molecule has 0 aromatic carbocycles. The number of aryl methyl sites for hydroxylation is 2. The number of nitrogens with zero attached hydrogens (tertiary/aromatic N) is 1. The molecule has 4 heteroatoms. The van der Waals surface area contributed by atoms with Crippen molar-refractivity contribution in [2.75, 3.05) is 6.61 Å². The maximum absolute atomic E-state index is 9.01. The van der Waals surface area contributed by atoms with Crippen molar-refractivity contribution in [2.24, 2.45) is 0 Å². The van der Waals surface area contributed by atoms with Crippen molar-refractivity contribution in [3.8, 4) is 0 Å². The van der Waals surface area contributed by atoms with E-state index in [-0.39, 0.29) is 18.7 Å². The second-order valence-electron chi connectivity index (χ2n) is 4.60. The quantitative estimate of drug-likeness (QED) is 0.846. The first-order valence-electron chi connectivity index (χ1n) is 6.06. The van der Waals surface area contributed by atoms with E-state index < -0.39 is 0 Å². The Morgan fingerprint density at radius 2 is 2.12 bits per heavy atom. The van der Waals surface area contributed by atoms with E-state index in [1.807, 2.05) is 18.3 Å². The monoisotopic (exact) mass is 240 g/mol. The average Bonchev–Trinajstić information content (AvgIpc) is 2.72. The maximum Gasteiger partial charge on any atom is 0.110 e. The molecule has 0 bridgehead atoms.